The minimum Gasteiger partial charge on any atom is -0.330 e. The Balaban J connectivity index is 2.27. The number of nitrogens with two attached hydrogens (primary N) is 1. The van der Waals surface area contributed by atoms with Crippen LogP contribution in [0.25, 0.3) is 0 Å². The van der Waals surface area contributed by atoms with Gasteiger partial charge in [-0.2, -0.15) is 10.1 Å². The molecule has 6 nitrogen and oxygen atoms in total. The third kappa shape index (κ3) is 2.67. The molecule has 0 spiro atoms. The summed E-state index contributed by atoms with van der Waals surface area (Å²) in [5, 5.41) is 8.63. The van der Waals surface area contributed by atoms with Crippen LogP contribution in [0.1, 0.15) is 12.8 Å². The summed E-state index contributed by atoms with van der Waals surface area (Å²) in [6.07, 6.45) is 2.43. The lowest BCUT2D eigenvalue weighted by Gasteiger charge is -1.98. The summed E-state index contributed by atoms with van der Waals surface area (Å²) in [5.41, 5.74) is 5.23. The standard InChI is InChI=1S/C6H11N5O/c7-3-1-2-5(12)10-6-8-4-9-11-6/h4H,1-3,7H2,(H2,8,9,10,11,12). The van der Waals surface area contributed by atoms with E-state index in [0.717, 1.165) is 0 Å². The van der Waals surface area contributed by atoms with Gasteiger partial charge in [-0.1, -0.05) is 0 Å². The van der Waals surface area contributed by atoms with Crippen molar-refractivity contribution in [3.8, 4) is 0 Å². The fourth-order valence-electron chi connectivity index (χ4n) is 0.723. The van der Waals surface area contributed by atoms with Crippen molar-refractivity contribution < 1.29 is 4.79 Å². The van der Waals surface area contributed by atoms with E-state index in [9.17, 15) is 4.79 Å². The number of aromatic amines is 1. The van der Waals surface area contributed by atoms with Gasteiger partial charge in [0.05, 0.1) is 0 Å². The van der Waals surface area contributed by atoms with Crippen LogP contribution in [0.5, 0.6) is 0 Å². The van der Waals surface area contributed by atoms with Crippen LogP contribution in [-0.4, -0.2) is 27.6 Å². The second kappa shape index (κ2) is 4.45. The Morgan fingerprint density at radius 1 is 1.75 bits per heavy atom. The number of rotatable bonds is 4. The average molecular weight is 169 g/mol. The van der Waals surface area contributed by atoms with Gasteiger partial charge in [-0.25, -0.2) is 5.10 Å². The molecule has 12 heavy (non-hydrogen) atoms. The molecule has 1 amide bonds. The van der Waals surface area contributed by atoms with Gasteiger partial charge < -0.3 is 5.73 Å². The Bertz CT molecular complexity index is 232. The van der Waals surface area contributed by atoms with E-state index in [1.165, 1.54) is 6.33 Å². The van der Waals surface area contributed by atoms with Crippen LogP contribution in [0, 0.1) is 0 Å². The number of H-pyrrole nitrogens is 1. The first-order valence-electron chi connectivity index (χ1n) is 3.68. The summed E-state index contributed by atoms with van der Waals surface area (Å²) in [4.78, 5) is 14.7. The molecule has 0 unspecified atom stereocenters. The zero-order chi connectivity index (χ0) is 8.81. The normalized spacial score (nSPS) is 9.75. The van der Waals surface area contributed by atoms with Crippen LogP contribution in [0.3, 0.4) is 0 Å². The quantitative estimate of drug-likeness (QED) is 0.565. The first-order chi connectivity index (χ1) is 5.83. The molecule has 1 rings (SSSR count). The van der Waals surface area contributed by atoms with Crippen LogP contribution >= 0.6 is 0 Å². The van der Waals surface area contributed by atoms with Gasteiger partial charge in [0, 0.05) is 6.42 Å². The molecular formula is C6H11N5O. The van der Waals surface area contributed by atoms with Crippen LogP contribution in [0.4, 0.5) is 5.95 Å². The van der Waals surface area contributed by atoms with Crippen molar-refractivity contribution in [2.24, 2.45) is 5.73 Å². The van der Waals surface area contributed by atoms with E-state index in [0.29, 0.717) is 25.3 Å². The molecule has 66 valence electrons. The van der Waals surface area contributed by atoms with Crippen LogP contribution in [-0.2, 0) is 4.79 Å². The van der Waals surface area contributed by atoms with E-state index in [2.05, 4.69) is 20.5 Å². The Labute approximate surface area is 69.6 Å². The third-order valence-electron chi connectivity index (χ3n) is 1.28. The zero-order valence-electron chi connectivity index (χ0n) is 6.58. The maximum absolute atomic E-state index is 11.0. The summed E-state index contributed by atoms with van der Waals surface area (Å²) in [6, 6.07) is 0. The topological polar surface area (TPSA) is 96.7 Å². The predicted molar refractivity (Wildman–Crippen MR) is 43.3 cm³/mol. The fraction of sp³-hybridized carbons (Fsp3) is 0.500. The minimum absolute atomic E-state index is 0.0998. The first-order valence-corrected chi connectivity index (χ1v) is 3.68. The second-order valence-electron chi connectivity index (χ2n) is 2.27. The molecule has 0 radical (unpaired) electrons. The summed E-state index contributed by atoms with van der Waals surface area (Å²) in [7, 11) is 0. The smallest absolute Gasteiger partial charge is 0.226 e. The zero-order valence-corrected chi connectivity index (χ0v) is 6.58. The lowest BCUT2D eigenvalue weighted by Crippen LogP contribution is -2.14. The SMILES string of the molecule is NCCCC(=O)Nc1ncn[nH]1. The molecule has 0 saturated heterocycles. The molecule has 1 heterocycles. The number of hydrogen-bond donors (Lipinski definition) is 3. The highest BCUT2D eigenvalue weighted by atomic mass is 16.1. The first kappa shape index (κ1) is 8.66. The maximum atomic E-state index is 11.0. The number of nitrogens with zero attached hydrogens (tertiary/aromatic N) is 2. The van der Waals surface area contributed by atoms with Crippen molar-refractivity contribution in [2.45, 2.75) is 12.8 Å². The summed E-state index contributed by atoms with van der Waals surface area (Å²) in [5.74, 6) is 0.272. The van der Waals surface area contributed by atoms with Crippen LogP contribution in [0.2, 0.25) is 0 Å². The van der Waals surface area contributed by atoms with Gasteiger partial charge in [-0.15, -0.1) is 0 Å². The number of hydrogen-bond acceptors (Lipinski definition) is 4. The molecule has 1 aromatic rings. The van der Waals surface area contributed by atoms with E-state index in [4.69, 9.17) is 5.73 Å². The lowest BCUT2D eigenvalue weighted by molar-refractivity contribution is -0.116. The highest BCUT2D eigenvalue weighted by Crippen LogP contribution is 1.95. The van der Waals surface area contributed by atoms with Gasteiger partial charge in [0.15, 0.2) is 0 Å². The van der Waals surface area contributed by atoms with E-state index in [1.807, 2.05) is 0 Å². The number of carbonyl (C=O) groups excluding carboxylic acids is 1. The Morgan fingerprint density at radius 2 is 2.58 bits per heavy atom. The summed E-state index contributed by atoms with van der Waals surface area (Å²) in [6.45, 7) is 0.518. The number of aromatic nitrogens is 3. The number of amides is 1. The number of carbonyl (C=O) groups is 1. The van der Waals surface area contributed by atoms with Crippen LogP contribution in [0.15, 0.2) is 6.33 Å². The molecule has 0 bridgehead atoms. The van der Waals surface area contributed by atoms with E-state index >= 15 is 0 Å². The van der Waals surface area contributed by atoms with E-state index in [-0.39, 0.29) is 5.91 Å². The average Bonchev–Trinajstić information content (AvgIpc) is 2.53. The summed E-state index contributed by atoms with van der Waals surface area (Å²) < 4.78 is 0. The summed E-state index contributed by atoms with van der Waals surface area (Å²) >= 11 is 0. The molecular weight excluding hydrogens is 158 g/mol. The van der Waals surface area contributed by atoms with Crippen LogP contribution < -0.4 is 11.1 Å². The molecule has 0 saturated carbocycles. The van der Waals surface area contributed by atoms with Gasteiger partial charge in [0.25, 0.3) is 0 Å². The molecule has 0 aliphatic rings. The van der Waals surface area contributed by atoms with Gasteiger partial charge in [0.1, 0.15) is 6.33 Å². The van der Waals surface area contributed by atoms with Gasteiger partial charge in [-0.05, 0) is 13.0 Å². The number of anilines is 1. The second-order valence-corrected chi connectivity index (χ2v) is 2.27. The molecule has 0 fully saturated rings. The van der Waals surface area contributed by atoms with Gasteiger partial charge in [0.2, 0.25) is 11.9 Å². The lowest BCUT2D eigenvalue weighted by atomic mass is 10.3. The van der Waals surface area contributed by atoms with Crippen molar-refractivity contribution >= 4 is 11.9 Å². The molecule has 0 aliphatic heterocycles. The molecule has 1 aromatic heterocycles. The third-order valence-corrected chi connectivity index (χ3v) is 1.28. The molecule has 0 aliphatic carbocycles. The monoisotopic (exact) mass is 169 g/mol. The van der Waals surface area contributed by atoms with Gasteiger partial charge in [-0.3, -0.25) is 10.1 Å². The fourth-order valence-corrected chi connectivity index (χ4v) is 0.723. The van der Waals surface area contributed by atoms with Crippen molar-refractivity contribution in [3.05, 3.63) is 6.33 Å². The molecule has 4 N–H and O–H groups in total. The Hall–Kier alpha value is -1.43. The molecule has 6 heteroatoms. The van der Waals surface area contributed by atoms with Crippen molar-refractivity contribution in [2.75, 3.05) is 11.9 Å². The Morgan fingerprint density at radius 3 is 3.17 bits per heavy atom. The van der Waals surface area contributed by atoms with Crippen molar-refractivity contribution in [3.63, 3.8) is 0 Å². The predicted octanol–water partition coefficient (Wildman–Crippen LogP) is -0.518. The largest absolute Gasteiger partial charge is 0.330 e. The van der Waals surface area contributed by atoms with Gasteiger partial charge >= 0.3 is 0 Å². The number of nitrogens with one attached hydrogen (secondary N) is 2. The molecule has 0 atom stereocenters. The van der Waals surface area contributed by atoms with E-state index < -0.39 is 0 Å². The molecule has 0 aromatic carbocycles. The van der Waals surface area contributed by atoms with Crippen molar-refractivity contribution in [1.29, 1.82) is 0 Å². The minimum atomic E-state index is -0.0998. The highest BCUT2D eigenvalue weighted by molar-refractivity contribution is 5.88. The highest BCUT2D eigenvalue weighted by Gasteiger charge is 2.01. The van der Waals surface area contributed by atoms with E-state index in [1.54, 1.807) is 0 Å². The van der Waals surface area contributed by atoms with Crippen molar-refractivity contribution in [1.82, 2.24) is 15.2 Å². The maximum Gasteiger partial charge on any atom is 0.226 e. The Kier molecular flexibility index (Phi) is 3.21.